The van der Waals surface area contributed by atoms with E-state index in [1.54, 1.807) is 14.2 Å². The van der Waals surface area contributed by atoms with Gasteiger partial charge in [-0.2, -0.15) is 0 Å². The van der Waals surface area contributed by atoms with Crippen LogP contribution in [0.5, 0.6) is 5.75 Å². The lowest BCUT2D eigenvalue weighted by molar-refractivity contribution is -0.118. The zero-order valence-electron chi connectivity index (χ0n) is 17.5. The minimum absolute atomic E-state index is 0.0847. The van der Waals surface area contributed by atoms with Crippen LogP contribution < -0.4 is 10.1 Å². The summed E-state index contributed by atoms with van der Waals surface area (Å²) in [5.74, 6) is 1.59. The standard InChI is InChI=1S/C22H25ClN4O3S/c1-29-12-6-11-27-21(18-9-3-4-10-19(18)23)25-26-22(27)31-15-20(28)24-14-16-7-5-8-17(13-16)30-2/h3-5,7-10,13H,6,11-12,14-15H2,1-2H3,(H,24,28). The molecule has 0 aliphatic rings. The molecule has 1 heterocycles. The molecule has 0 atom stereocenters. The van der Waals surface area contributed by atoms with Crippen LogP contribution in [0.15, 0.2) is 53.7 Å². The van der Waals surface area contributed by atoms with Crippen LogP contribution in [0.1, 0.15) is 12.0 Å². The molecule has 3 rings (SSSR count). The molecule has 9 heteroatoms. The number of nitrogens with zero attached hydrogens (tertiary/aromatic N) is 3. The van der Waals surface area contributed by atoms with Gasteiger partial charge in [-0.25, -0.2) is 0 Å². The Morgan fingerprint density at radius 3 is 2.77 bits per heavy atom. The quantitative estimate of drug-likeness (QED) is 0.343. The summed E-state index contributed by atoms with van der Waals surface area (Å²) in [6.07, 6.45) is 0.793. The molecule has 0 aliphatic heterocycles. The second-order valence-corrected chi connectivity index (χ2v) is 8.05. The monoisotopic (exact) mass is 460 g/mol. The Labute approximate surface area is 191 Å². The molecule has 2 aromatic carbocycles. The first-order valence-corrected chi connectivity index (χ1v) is 11.2. The van der Waals surface area contributed by atoms with Gasteiger partial charge in [0.1, 0.15) is 5.75 Å². The van der Waals surface area contributed by atoms with Gasteiger partial charge in [0.2, 0.25) is 5.91 Å². The van der Waals surface area contributed by atoms with Crippen molar-refractivity contribution in [2.75, 3.05) is 26.6 Å². The number of hydrogen-bond donors (Lipinski definition) is 1. The fraction of sp³-hybridized carbons (Fsp3) is 0.318. The lowest BCUT2D eigenvalue weighted by Crippen LogP contribution is -2.24. The molecular weight excluding hydrogens is 436 g/mol. The largest absolute Gasteiger partial charge is 0.497 e. The number of nitrogens with one attached hydrogen (secondary N) is 1. The van der Waals surface area contributed by atoms with Gasteiger partial charge in [-0.3, -0.25) is 4.79 Å². The van der Waals surface area contributed by atoms with Crippen molar-refractivity contribution in [1.29, 1.82) is 0 Å². The topological polar surface area (TPSA) is 78.3 Å². The first kappa shape index (κ1) is 23.1. The number of carbonyl (C=O) groups excluding carboxylic acids is 1. The van der Waals surface area contributed by atoms with E-state index in [-0.39, 0.29) is 11.7 Å². The van der Waals surface area contributed by atoms with E-state index in [2.05, 4.69) is 15.5 Å². The van der Waals surface area contributed by atoms with Gasteiger partial charge in [0.05, 0.1) is 17.9 Å². The van der Waals surface area contributed by atoms with Crippen molar-refractivity contribution in [2.24, 2.45) is 0 Å². The number of aromatic nitrogens is 3. The van der Waals surface area contributed by atoms with Crippen LogP contribution >= 0.6 is 23.4 Å². The van der Waals surface area contributed by atoms with Crippen LogP contribution in [0, 0.1) is 0 Å². The summed E-state index contributed by atoms with van der Waals surface area (Å²) >= 11 is 7.71. The SMILES string of the molecule is COCCCn1c(SCC(=O)NCc2cccc(OC)c2)nnc1-c1ccccc1Cl. The van der Waals surface area contributed by atoms with Gasteiger partial charge in [-0.15, -0.1) is 10.2 Å². The van der Waals surface area contributed by atoms with Gasteiger partial charge in [0, 0.05) is 32.4 Å². The summed E-state index contributed by atoms with van der Waals surface area (Å²) in [5.41, 5.74) is 1.78. The molecule has 0 unspecified atom stereocenters. The first-order valence-electron chi connectivity index (χ1n) is 9.82. The Morgan fingerprint density at radius 1 is 1.16 bits per heavy atom. The Morgan fingerprint density at radius 2 is 2.00 bits per heavy atom. The van der Waals surface area contributed by atoms with Crippen molar-refractivity contribution in [1.82, 2.24) is 20.1 Å². The second-order valence-electron chi connectivity index (χ2n) is 6.70. The predicted octanol–water partition coefficient (Wildman–Crippen LogP) is 4.05. The molecular formula is C22H25ClN4O3S. The van der Waals surface area contributed by atoms with E-state index in [0.29, 0.717) is 35.7 Å². The van der Waals surface area contributed by atoms with Crippen molar-refractivity contribution in [3.63, 3.8) is 0 Å². The maximum atomic E-state index is 12.4. The summed E-state index contributed by atoms with van der Waals surface area (Å²) in [4.78, 5) is 12.4. The molecule has 7 nitrogen and oxygen atoms in total. The van der Waals surface area contributed by atoms with Gasteiger partial charge in [0.25, 0.3) is 0 Å². The Hall–Kier alpha value is -2.55. The van der Waals surface area contributed by atoms with E-state index in [1.807, 2.05) is 53.1 Å². The van der Waals surface area contributed by atoms with Gasteiger partial charge >= 0.3 is 0 Å². The van der Waals surface area contributed by atoms with Crippen molar-refractivity contribution >= 4 is 29.3 Å². The molecule has 0 aliphatic carbocycles. The van der Waals surface area contributed by atoms with Crippen LogP contribution in [-0.2, 0) is 22.6 Å². The number of rotatable bonds is 11. The third-order valence-electron chi connectivity index (χ3n) is 4.52. The molecule has 31 heavy (non-hydrogen) atoms. The number of ether oxygens (including phenoxy) is 2. The fourth-order valence-electron chi connectivity index (χ4n) is 2.97. The fourth-order valence-corrected chi connectivity index (χ4v) is 3.98. The number of carbonyl (C=O) groups is 1. The molecule has 0 fully saturated rings. The third-order valence-corrected chi connectivity index (χ3v) is 5.81. The number of methoxy groups -OCH3 is 2. The van der Waals surface area contributed by atoms with E-state index in [9.17, 15) is 4.79 Å². The highest BCUT2D eigenvalue weighted by Crippen LogP contribution is 2.29. The van der Waals surface area contributed by atoms with E-state index < -0.39 is 0 Å². The molecule has 0 spiro atoms. The van der Waals surface area contributed by atoms with E-state index in [0.717, 1.165) is 23.3 Å². The smallest absolute Gasteiger partial charge is 0.230 e. The van der Waals surface area contributed by atoms with Crippen LogP contribution in [0.4, 0.5) is 0 Å². The van der Waals surface area contributed by atoms with Crippen molar-refractivity contribution in [3.8, 4) is 17.1 Å². The average Bonchev–Trinajstić information content (AvgIpc) is 3.19. The summed E-state index contributed by atoms with van der Waals surface area (Å²) < 4.78 is 12.4. The molecule has 1 aromatic heterocycles. The van der Waals surface area contributed by atoms with E-state index in [1.165, 1.54) is 11.8 Å². The van der Waals surface area contributed by atoms with Crippen molar-refractivity contribution in [2.45, 2.75) is 24.7 Å². The summed E-state index contributed by atoms with van der Waals surface area (Å²) in [6, 6.07) is 15.1. The van der Waals surface area contributed by atoms with Crippen LogP contribution in [-0.4, -0.2) is 47.3 Å². The normalized spacial score (nSPS) is 10.8. The Balaban J connectivity index is 1.66. The maximum absolute atomic E-state index is 12.4. The van der Waals surface area contributed by atoms with Crippen molar-refractivity contribution < 1.29 is 14.3 Å². The van der Waals surface area contributed by atoms with Crippen molar-refractivity contribution in [3.05, 3.63) is 59.1 Å². The van der Waals surface area contributed by atoms with E-state index in [4.69, 9.17) is 21.1 Å². The van der Waals surface area contributed by atoms with Gasteiger partial charge < -0.3 is 19.4 Å². The highest BCUT2D eigenvalue weighted by molar-refractivity contribution is 7.99. The number of halogens is 1. The summed E-state index contributed by atoms with van der Waals surface area (Å²) in [5, 5.41) is 12.8. The highest BCUT2D eigenvalue weighted by Gasteiger charge is 2.17. The average molecular weight is 461 g/mol. The minimum Gasteiger partial charge on any atom is -0.497 e. The van der Waals surface area contributed by atoms with E-state index >= 15 is 0 Å². The number of thioether (sulfide) groups is 1. The first-order chi connectivity index (χ1) is 15.1. The molecule has 0 radical (unpaired) electrons. The molecule has 164 valence electrons. The van der Waals surface area contributed by atoms with Gasteiger partial charge in [-0.05, 0) is 36.2 Å². The molecule has 1 amide bonds. The number of benzene rings is 2. The minimum atomic E-state index is -0.0847. The van der Waals surface area contributed by atoms with Gasteiger partial charge in [-0.1, -0.05) is 47.6 Å². The zero-order chi connectivity index (χ0) is 22.1. The molecule has 0 bridgehead atoms. The summed E-state index contributed by atoms with van der Waals surface area (Å²) in [7, 11) is 3.29. The second kappa shape index (κ2) is 11.7. The predicted molar refractivity (Wildman–Crippen MR) is 123 cm³/mol. The lowest BCUT2D eigenvalue weighted by atomic mass is 10.2. The third kappa shape index (κ3) is 6.46. The zero-order valence-corrected chi connectivity index (χ0v) is 19.1. The lowest BCUT2D eigenvalue weighted by Gasteiger charge is -2.11. The van der Waals surface area contributed by atoms with Gasteiger partial charge in [0.15, 0.2) is 11.0 Å². The molecule has 0 saturated carbocycles. The molecule has 3 aromatic rings. The molecule has 1 N–H and O–H groups in total. The Kier molecular flexibility index (Phi) is 8.75. The maximum Gasteiger partial charge on any atom is 0.230 e. The number of amides is 1. The van der Waals surface area contributed by atoms with Crippen LogP contribution in [0.3, 0.4) is 0 Å². The summed E-state index contributed by atoms with van der Waals surface area (Å²) in [6.45, 7) is 1.71. The van der Waals surface area contributed by atoms with Crippen LogP contribution in [0.2, 0.25) is 5.02 Å². The Bertz CT molecular complexity index is 1010. The molecule has 0 saturated heterocycles. The highest BCUT2D eigenvalue weighted by atomic mass is 35.5. The van der Waals surface area contributed by atoms with Crippen LogP contribution in [0.25, 0.3) is 11.4 Å². The number of hydrogen-bond acceptors (Lipinski definition) is 6.